The number of hydrogen-bond donors (Lipinski definition) is 0. The van der Waals surface area contributed by atoms with Crippen LogP contribution >= 0.6 is 0 Å². The summed E-state index contributed by atoms with van der Waals surface area (Å²) in [5.74, 6) is -0.481. The molecule has 121 valence electrons. The van der Waals surface area contributed by atoms with E-state index in [-0.39, 0.29) is 5.41 Å². The second kappa shape index (κ2) is 7.74. The van der Waals surface area contributed by atoms with Crippen molar-refractivity contribution >= 4 is 19.2 Å². The fourth-order valence-corrected chi connectivity index (χ4v) is 5.22. The van der Waals surface area contributed by atoms with Crippen LogP contribution in [0.3, 0.4) is 0 Å². The summed E-state index contributed by atoms with van der Waals surface area (Å²) in [5, 5.41) is 1.30. The largest absolute Gasteiger partial charge is 0.373 e. The van der Waals surface area contributed by atoms with Gasteiger partial charge < -0.3 is 0 Å². The van der Waals surface area contributed by atoms with Crippen molar-refractivity contribution in [1.29, 1.82) is 0 Å². The SMILES string of the molecule is C=C[Si](CC)(CC)c1ccc(C(=O)OO[CH]C(C)(C)C)cc1. The van der Waals surface area contributed by atoms with Crippen LogP contribution < -0.4 is 5.19 Å². The maximum Gasteiger partial charge on any atom is 0.373 e. The average molecular weight is 319 g/mol. The van der Waals surface area contributed by atoms with E-state index in [1.165, 1.54) is 11.8 Å². The molecule has 3 nitrogen and oxygen atoms in total. The van der Waals surface area contributed by atoms with E-state index in [9.17, 15) is 4.79 Å². The van der Waals surface area contributed by atoms with Crippen molar-refractivity contribution in [3.63, 3.8) is 0 Å². The molecule has 4 heteroatoms. The van der Waals surface area contributed by atoms with Gasteiger partial charge in [-0.25, -0.2) is 4.79 Å². The van der Waals surface area contributed by atoms with Gasteiger partial charge in [0.25, 0.3) is 0 Å². The lowest BCUT2D eigenvalue weighted by atomic mass is 9.99. The van der Waals surface area contributed by atoms with Crippen molar-refractivity contribution in [1.82, 2.24) is 0 Å². The normalized spacial score (nSPS) is 12.0. The molecule has 0 aromatic heterocycles. The Morgan fingerprint density at radius 1 is 1.18 bits per heavy atom. The van der Waals surface area contributed by atoms with Gasteiger partial charge in [-0.05, 0) is 17.5 Å². The summed E-state index contributed by atoms with van der Waals surface area (Å²) < 4.78 is 0. The topological polar surface area (TPSA) is 35.5 Å². The molecule has 0 aliphatic carbocycles. The molecule has 22 heavy (non-hydrogen) atoms. The minimum atomic E-state index is -1.63. The first kappa shape index (κ1) is 18.7. The Morgan fingerprint density at radius 3 is 2.14 bits per heavy atom. The third-order valence-corrected chi connectivity index (χ3v) is 8.66. The van der Waals surface area contributed by atoms with Gasteiger partial charge in [0.05, 0.1) is 5.56 Å². The molecular weight excluding hydrogens is 292 g/mol. The van der Waals surface area contributed by atoms with Gasteiger partial charge in [-0.3, -0.25) is 4.89 Å². The molecule has 1 aromatic rings. The highest BCUT2D eigenvalue weighted by Gasteiger charge is 2.27. The first-order valence-electron chi connectivity index (χ1n) is 7.74. The standard InChI is InChI=1S/C18H27O3Si/c1-7-22(8-2,9-3)16-12-10-15(11-13-16)17(19)21-20-14-18(4,5)6/h7,10-14H,1,8-9H2,2-6H3. The lowest BCUT2D eigenvalue weighted by Crippen LogP contribution is -2.44. The Balaban J connectivity index is 2.76. The second-order valence-electron chi connectivity index (χ2n) is 6.60. The van der Waals surface area contributed by atoms with E-state index in [4.69, 9.17) is 9.78 Å². The zero-order chi connectivity index (χ0) is 16.8. The molecule has 0 saturated heterocycles. The van der Waals surface area contributed by atoms with E-state index in [2.05, 4.69) is 26.1 Å². The van der Waals surface area contributed by atoms with Crippen LogP contribution in [0.15, 0.2) is 36.5 Å². The molecule has 0 N–H and O–H groups in total. The van der Waals surface area contributed by atoms with Crippen molar-refractivity contribution in [3.05, 3.63) is 48.7 Å². The smallest absolute Gasteiger partial charge is 0.292 e. The van der Waals surface area contributed by atoms with E-state index in [1.807, 2.05) is 32.9 Å². The monoisotopic (exact) mass is 319 g/mol. The molecule has 0 bridgehead atoms. The van der Waals surface area contributed by atoms with Gasteiger partial charge in [0.1, 0.15) is 14.7 Å². The summed E-state index contributed by atoms with van der Waals surface area (Å²) in [6, 6.07) is 9.86. The third kappa shape index (κ3) is 4.82. The van der Waals surface area contributed by atoms with Crippen molar-refractivity contribution < 1.29 is 14.6 Å². The molecular formula is C18H27O3Si. The van der Waals surface area contributed by atoms with Crippen LogP contribution in [0.4, 0.5) is 0 Å². The minimum Gasteiger partial charge on any atom is -0.292 e. The first-order chi connectivity index (χ1) is 10.3. The highest BCUT2D eigenvalue weighted by molar-refractivity contribution is 6.95. The van der Waals surface area contributed by atoms with E-state index >= 15 is 0 Å². The van der Waals surface area contributed by atoms with E-state index in [0.717, 1.165) is 12.1 Å². The third-order valence-electron chi connectivity index (χ3n) is 3.87. The van der Waals surface area contributed by atoms with Gasteiger partial charge in [0.2, 0.25) is 0 Å². The summed E-state index contributed by atoms with van der Waals surface area (Å²) in [5.41, 5.74) is 2.45. The van der Waals surface area contributed by atoms with Crippen molar-refractivity contribution in [2.75, 3.05) is 0 Å². The zero-order valence-corrected chi connectivity index (χ0v) is 15.3. The molecule has 0 spiro atoms. The molecule has 0 unspecified atom stereocenters. The summed E-state index contributed by atoms with van der Waals surface area (Å²) in [4.78, 5) is 21.6. The maximum atomic E-state index is 11.9. The fraction of sp³-hybridized carbons (Fsp3) is 0.444. The molecule has 0 saturated carbocycles. The van der Waals surface area contributed by atoms with Crippen LogP contribution in [0, 0.1) is 12.0 Å². The van der Waals surface area contributed by atoms with E-state index in [1.54, 1.807) is 12.1 Å². The van der Waals surface area contributed by atoms with Gasteiger partial charge in [0.15, 0.2) is 0 Å². The molecule has 0 aliphatic heterocycles. The van der Waals surface area contributed by atoms with Gasteiger partial charge >= 0.3 is 5.97 Å². The predicted octanol–water partition coefficient (Wildman–Crippen LogP) is 4.40. The minimum absolute atomic E-state index is 0.165. The van der Waals surface area contributed by atoms with E-state index < -0.39 is 14.0 Å². The molecule has 0 fully saturated rings. The number of carbonyl (C=O) groups is 1. The highest BCUT2D eigenvalue weighted by atomic mass is 28.3. The van der Waals surface area contributed by atoms with Crippen LogP contribution in [0.5, 0.6) is 0 Å². The Bertz CT molecular complexity index is 496. The van der Waals surface area contributed by atoms with Gasteiger partial charge in [-0.1, -0.05) is 69.7 Å². The molecule has 0 atom stereocenters. The molecule has 1 aromatic carbocycles. The number of rotatable bonds is 7. The summed E-state index contributed by atoms with van der Waals surface area (Å²) in [6.07, 6.45) is 0. The first-order valence-corrected chi connectivity index (χ1v) is 10.2. The van der Waals surface area contributed by atoms with Crippen LogP contribution in [0.2, 0.25) is 12.1 Å². The average Bonchev–Trinajstić information content (AvgIpc) is 2.49. The molecule has 1 rings (SSSR count). The number of benzene rings is 1. The quantitative estimate of drug-likeness (QED) is 0.424. The Morgan fingerprint density at radius 2 is 1.73 bits per heavy atom. The number of hydrogen-bond acceptors (Lipinski definition) is 3. The van der Waals surface area contributed by atoms with Crippen molar-refractivity contribution in [3.8, 4) is 0 Å². The fourth-order valence-electron chi connectivity index (χ4n) is 2.26. The second-order valence-corrected chi connectivity index (χ2v) is 11.3. The van der Waals surface area contributed by atoms with Gasteiger partial charge in [-0.2, -0.15) is 4.89 Å². The molecule has 0 aliphatic rings. The van der Waals surface area contributed by atoms with Crippen LogP contribution in [-0.2, 0) is 9.78 Å². The highest BCUT2D eigenvalue weighted by Crippen LogP contribution is 2.19. The zero-order valence-electron chi connectivity index (χ0n) is 14.3. The molecule has 0 heterocycles. The van der Waals surface area contributed by atoms with Gasteiger partial charge in [-0.15, -0.1) is 6.58 Å². The molecule has 1 radical (unpaired) electrons. The van der Waals surface area contributed by atoms with Crippen LogP contribution in [-0.4, -0.2) is 14.0 Å². The Kier molecular flexibility index (Phi) is 6.57. The maximum absolute atomic E-state index is 11.9. The number of carbonyl (C=O) groups excluding carboxylic acids is 1. The van der Waals surface area contributed by atoms with Crippen LogP contribution in [0.25, 0.3) is 0 Å². The lowest BCUT2D eigenvalue weighted by Gasteiger charge is -2.25. The van der Waals surface area contributed by atoms with Crippen molar-refractivity contribution in [2.45, 2.75) is 46.7 Å². The summed E-state index contributed by atoms with van der Waals surface area (Å²) in [7, 11) is -1.63. The van der Waals surface area contributed by atoms with Crippen LogP contribution in [0.1, 0.15) is 45.0 Å². The molecule has 0 amide bonds. The lowest BCUT2D eigenvalue weighted by molar-refractivity contribution is -0.224. The Labute approximate surface area is 135 Å². The Hall–Kier alpha value is -1.39. The predicted molar refractivity (Wildman–Crippen MR) is 93.2 cm³/mol. The summed E-state index contributed by atoms with van der Waals surface area (Å²) in [6.45, 7) is 15.8. The van der Waals surface area contributed by atoms with E-state index in [0.29, 0.717) is 5.56 Å². The summed E-state index contributed by atoms with van der Waals surface area (Å²) >= 11 is 0. The van der Waals surface area contributed by atoms with Crippen molar-refractivity contribution in [2.24, 2.45) is 5.41 Å². The van der Waals surface area contributed by atoms with Gasteiger partial charge in [0, 0.05) is 0 Å².